The SMILES string of the molecule is CCCCCCCCCCCCCc1ccc(-c2ccc(-c3ccc(-c4ccc(CCCCCCCCCCCCC)nc4)s3)s2)cn1. The maximum atomic E-state index is 4.82. The lowest BCUT2D eigenvalue weighted by Gasteiger charge is -2.04. The molecular weight excluding hydrogens is 621 g/mol. The van der Waals surface area contributed by atoms with Gasteiger partial charge < -0.3 is 0 Å². The van der Waals surface area contributed by atoms with Crippen molar-refractivity contribution in [3.8, 4) is 30.6 Å². The van der Waals surface area contributed by atoms with Crippen LogP contribution in [0.1, 0.15) is 166 Å². The molecule has 0 atom stereocenters. The molecule has 0 aliphatic heterocycles. The van der Waals surface area contributed by atoms with Gasteiger partial charge in [-0.3, -0.25) is 9.97 Å². The van der Waals surface area contributed by atoms with E-state index < -0.39 is 0 Å². The van der Waals surface area contributed by atoms with Gasteiger partial charge in [-0.15, -0.1) is 22.7 Å². The first-order valence-electron chi connectivity index (χ1n) is 19.9. The average Bonchev–Trinajstić information content (AvgIpc) is 3.81. The summed E-state index contributed by atoms with van der Waals surface area (Å²) in [6, 6.07) is 18.0. The second kappa shape index (κ2) is 24.0. The Bertz CT molecular complexity index is 1250. The molecule has 0 bridgehead atoms. The maximum absolute atomic E-state index is 4.82. The van der Waals surface area contributed by atoms with Gasteiger partial charge in [0.05, 0.1) is 0 Å². The van der Waals surface area contributed by atoms with Crippen LogP contribution in [0, 0.1) is 0 Å². The fraction of sp³-hybridized carbons (Fsp3) is 0.591. The van der Waals surface area contributed by atoms with E-state index in [2.05, 4.69) is 74.8 Å². The minimum absolute atomic E-state index is 1.10. The number of hydrogen-bond donors (Lipinski definition) is 0. The highest BCUT2D eigenvalue weighted by atomic mass is 32.1. The number of pyridine rings is 2. The molecule has 4 heteroatoms. The van der Waals surface area contributed by atoms with E-state index >= 15 is 0 Å². The van der Waals surface area contributed by atoms with Gasteiger partial charge >= 0.3 is 0 Å². The number of thiophene rings is 2. The van der Waals surface area contributed by atoms with E-state index in [0.717, 1.165) is 12.8 Å². The van der Waals surface area contributed by atoms with Crippen LogP contribution >= 0.6 is 22.7 Å². The average molecular weight is 685 g/mol. The predicted molar refractivity (Wildman–Crippen MR) is 214 cm³/mol. The summed E-state index contributed by atoms with van der Waals surface area (Å²) in [6.45, 7) is 4.59. The van der Waals surface area contributed by atoms with Crippen molar-refractivity contribution < 1.29 is 0 Å². The molecule has 0 spiro atoms. The minimum atomic E-state index is 1.10. The highest BCUT2D eigenvalue weighted by Crippen LogP contribution is 2.40. The largest absolute Gasteiger partial charge is 0.261 e. The van der Waals surface area contributed by atoms with E-state index in [-0.39, 0.29) is 0 Å². The van der Waals surface area contributed by atoms with Crippen molar-refractivity contribution in [1.29, 1.82) is 0 Å². The number of aromatic nitrogens is 2. The molecule has 0 N–H and O–H groups in total. The number of nitrogens with zero attached hydrogens (tertiary/aromatic N) is 2. The third kappa shape index (κ3) is 14.7. The predicted octanol–water partition coefficient (Wildman–Crippen LogP) is 15.3. The van der Waals surface area contributed by atoms with Gasteiger partial charge in [-0.05, 0) is 62.1 Å². The number of aryl methyl sites for hydroxylation is 2. The monoisotopic (exact) mass is 684 g/mol. The summed E-state index contributed by atoms with van der Waals surface area (Å²) >= 11 is 3.74. The van der Waals surface area contributed by atoms with Crippen molar-refractivity contribution in [3.63, 3.8) is 0 Å². The van der Waals surface area contributed by atoms with Gasteiger partial charge in [0.2, 0.25) is 0 Å². The summed E-state index contributed by atoms with van der Waals surface area (Å²) in [6.07, 6.45) is 36.8. The highest BCUT2D eigenvalue weighted by Gasteiger charge is 2.10. The van der Waals surface area contributed by atoms with Gasteiger partial charge in [0.15, 0.2) is 0 Å². The lowest BCUT2D eigenvalue weighted by Crippen LogP contribution is -1.90. The van der Waals surface area contributed by atoms with Crippen LogP contribution in [-0.4, -0.2) is 9.97 Å². The van der Waals surface area contributed by atoms with Gasteiger partial charge in [0.1, 0.15) is 0 Å². The van der Waals surface area contributed by atoms with E-state index in [4.69, 9.17) is 9.97 Å². The molecular formula is C44H64N2S2. The summed E-state index contributed by atoms with van der Waals surface area (Å²) in [5, 5.41) is 0. The van der Waals surface area contributed by atoms with E-state index in [1.54, 1.807) is 0 Å². The van der Waals surface area contributed by atoms with Gasteiger partial charge in [-0.25, -0.2) is 0 Å². The van der Waals surface area contributed by atoms with Crippen molar-refractivity contribution in [2.75, 3.05) is 0 Å². The zero-order valence-corrected chi connectivity index (χ0v) is 32.1. The molecule has 0 radical (unpaired) electrons. The molecule has 4 aromatic rings. The second-order valence-corrected chi connectivity index (χ2v) is 16.1. The molecule has 0 saturated carbocycles. The van der Waals surface area contributed by atoms with Crippen LogP contribution in [-0.2, 0) is 12.8 Å². The van der Waals surface area contributed by atoms with Crippen LogP contribution < -0.4 is 0 Å². The highest BCUT2D eigenvalue weighted by molar-refractivity contribution is 7.25. The third-order valence-corrected chi connectivity index (χ3v) is 12.2. The van der Waals surface area contributed by atoms with Gasteiger partial charge in [0, 0.05) is 54.4 Å². The standard InChI is InChI=1S/C44H64N2S2/c1-3-5-7-9-11-13-15-17-19-21-23-25-39-29-27-37(35-45-39)41-31-33-43(47-41)44-34-32-42(48-44)38-28-30-40(46-36-38)26-24-22-20-18-16-14-12-10-8-6-4-2/h27-36H,3-26H2,1-2H3. The lowest BCUT2D eigenvalue weighted by molar-refractivity contribution is 0.549. The molecule has 0 fully saturated rings. The summed E-state index contributed by atoms with van der Waals surface area (Å²) < 4.78 is 0. The Morgan fingerprint density at radius 2 is 0.667 bits per heavy atom. The van der Waals surface area contributed by atoms with Crippen LogP contribution in [0.3, 0.4) is 0 Å². The summed E-state index contributed by atoms with van der Waals surface area (Å²) in [7, 11) is 0. The maximum Gasteiger partial charge on any atom is 0.0449 e. The van der Waals surface area contributed by atoms with Crippen molar-refractivity contribution >= 4 is 22.7 Å². The topological polar surface area (TPSA) is 25.8 Å². The van der Waals surface area contributed by atoms with Gasteiger partial charge in [-0.2, -0.15) is 0 Å². The molecule has 4 rings (SSSR count). The molecule has 0 aliphatic carbocycles. The Hall–Kier alpha value is -2.30. The molecule has 262 valence electrons. The number of unbranched alkanes of at least 4 members (excludes halogenated alkanes) is 20. The van der Waals surface area contributed by atoms with Crippen molar-refractivity contribution in [2.24, 2.45) is 0 Å². The van der Waals surface area contributed by atoms with E-state index in [0.29, 0.717) is 0 Å². The number of hydrogen-bond acceptors (Lipinski definition) is 4. The summed E-state index contributed by atoms with van der Waals surface area (Å²) in [5.74, 6) is 0. The zero-order valence-electron chi connectivity index (χ0n) is 30.5. The Morgan fingerprint density at radius 1 is 0.354 bits per heavy atom. The smallest absolute Gasteiger partial charge is 0.0449 e. The van der Waals surface area contributed by atoms with E-state index in [1.165, 1.54) is 183 Å². The fourth-order valence-electron chi connectivity index (χ4n) is 6.63. The third-order valence-electron chi connectivity index (χ3n) is 9.75. The molecule has 0 aliphatic rings. The first-order valence-corrected chi connectivity index (χ1v) is 21.5. The van der Waals surface area contributed by atoms with E-state index in [1.807, 2.05) is 22.7 Å². The van der Waals surface area contributed by atoms with Gasteiger partial charge in [0.25, 0.3) is 0 Å². The molecule has 0 saturated heterocycles. The normalized spacial score (nSPS) is 11.5. The molecule has 48 heavy (non-hydrogen) atoms. The van der Waals surface area contributed by atoms with Crippen molar-refractivity contribution in [3.05, 3.63) is 72.3 Å². The van der Waals surface area contributed by atoms with E-state index in [9.17, 15) is 0 Å². The molecule has 2 nitrogen and oxygen atoms in total. The Kier molecular flexibility index (Phi) is 19.2. The zero-order chi connectivity index (χ0) is 33.5. The van der Waals surface area contributed by atoms with Crippen LogP contribution in [0.25, 0.3) is 30.6 Å². The Balaban J connectivity index is 1.12. The second-order valence-electron chi connectivity index (χ2n) is 14.0. The first kappa shape index (κ1) is 38.5. The Morgan fingerprint density at radius 3 is 0.979 bits per heavy atom. The van der Waals surface area contributed by atoms with Crippen molar-refractivity contribution in [2.45, 2.75) is 168 Å². The van der Waals surface area contributed by atoms with Crippen LogP contribution in [0.5, 0.6) is 0 Å². The molecule has 0 aromatic carbocycles. The molecule has 4 heterocycles. The quantitative estimate of drug-likeness (QED) is 0.0584. The van der Waals surface area contributed by atoms with Crippen LogP contribution in [0.2, 0.25) is 0 Å². The molecule has 4 aromatic heterocycles. The van der Waals surface area contributed by atoms with Crippen LogP contribution in [0.15, 0.2) is 60.9 Å². The van der Waals surface area contributed by atoms with Gasteiger partial charge in [-0.1, -0.05) is 154 Å². The molecule has 0 unspecified atom stereocenters. The molecule has 0 amide bonds. The fourth-order valence-corrected chi connectivity index (χ4v) is 8.71. The first-order chi connectivity index (χ1) is 23.8. The summed E-state index contributed by atoms with van der Waals surface area (Å²) in [5.41, 5.74) is 4.91. The number of rotatable bonds is 27. The van der Waals surface area contributed by atoms with Crippen LogP contribution in [0.4, 0.5) is 0 Å². The van der Waals surface area contributed by atoms with Crippen molar-refractivity contribution in [1.82, 2.24) is 9.97 Å². The lowest BCUT2D eigenvalue weighted by atomic mass is 10.0. The Labute approximate surface area is 302 Å². The minimum Gasteiger partial charge on any atom is -0.261 e. The summed E-state index contributed by atoms with van der Waals surface area (Å²) in [4.78, 5) is 14.9.